The number of allylic oxidation sites excluding steroid dienone is 2. The zero-order valence-electron chi connectivity index (χ0n) is 4.15. The predicted molar refractivity (Wildman–Crippen MR) is 30.3 cm³/mol. The number of rotatable bonds is 2. The lowest BCUT2D eigenvalue weighted by Crippen LogP contribution is -1.66. The fraction of sp³-hybridized carbons (Fsp3) is 0.400. The fourth-order valence-corrected chi connectivity index (χ4v) is 0.243. The lowest BCUT2D eigenvalue weighted by molar-refractivity contribution is -0.104. The Bertz CT molecular complexity index is 86.1. The van der Waals surface area contributed by atoms with Gasteiger partial charge in [0.1, 0.15) is 6.29 Å². The van der Waals surface area contributed by atoms with Crippen LogP contribution in [0.4, 0.5) is 0 Å². The zero-order chi connectivity index (χ0) is 5.70. The lowest BCUT2D eigenvalue weighted by atomic mass is 10.4. The molecular weight excluding hydrogens is 112 g/mol. The van der Waals surface area contributed by atoms with Crippen molar-refractivity contribution in [2.75, 3.05) is 0 Å². The Morgan fingerprint density at radius 1 is 1.86 bits per heavy atom. The molecule has 0 aliphatic carbocycles. The third-order valence-electron chi connectivity index (χ3n) is 0.587. The molecule has 0 fully saturated rings. The monoisotopic (exact) mass is 118 g/mol. The SMILES string of the molecule is CCC(Cl)=CC=O. The maximum absolute atomic E-state index is 9.61. The topological polar surface area (TPSA) is 17.1 Å². The minimum absolute atomic E-state index is 0.606. The maximum atomic E-state index is 9.61. The van der Waals surface area contributed by atoms with Gasteiger partial charge in [-0.15, -0.1) is 0 Å². The third-order valence-corrected chi connectivity index (χ3v) is 0.980. The first-order chi connectivity index (χ1) is 3.31. The Kier molecular flexibility index (Phi) is 3.71. The van der Waals surface area contributed by atoms with Crippen LogP contribution in [-0.4, -0.2) is 6.29 Å². The van der Waals surface area contributed by atoms with E-state index < -0.39 is 0 Å². The van der Waals surface area contributed by atoms with Crippen molar-refractivity contribution in [3.8, 4) is 0 Å². The largest absolute Gasteiger partial charge is 0.299 e. The molecule has 0 aromatic carbocycles. The van der Waals surface area contributed by atoms with Gasteiger partial charge in [-0.25, -0.2) is 0 Å². The van der Waals surface area contributed by atoms with E-state index >= 15 is 0 Å². The average molecular weight is 119 g/mol. The summed E-state index contributed by atoms with van der Waals surface area (Å²) in [7, 11) is 0. The van der Waals surface area contributed by atoms with Crippen LogP contribution in [0.3, 0.4) is 0 Å². The van der Waals surface area contributed by atoms with E-state index in [1.807, 2.05) is 6.92 Å². The summed E-state index contributed by atoms with van der Waals surface area (Å²) in [6.07, 6.45) is 2.77. The van der Waals surface area contributed by atoms with Gasteiger partial charge < -0.3 is 0 Å². The molecule has 7 heavy (non-hydrogen) atoms. The normalized spacial score (nSPS) is 11.4. The number of hydrogen-bond acceptors (Lipinski definition) is 1. The second-order valence-electron chi connectivity index (χ2n) is 1.10. The van der Waals surface area contributed by atoms with Crippen LogP contribution in [0.5, 0.6) is 0 Å². The van der Waals surface area contributed by atoms with E-state index in [1.54, 1.807) is 0 Å². The van der Waals surface area contributed by atoms with Crippen molar-refractivity contribution >= 4 is 17.9 Å². The van der Waals surface area contributed by atoms with Crippen molar-refractivity contribution in [1.82, 2.24) is 0 Å². The standard InChI is InChI=1S/C5H7ClO/c1-2-5(6)3-4-7/h3-4H,2H2,1H3. The number of carbonyl (C=O) groups excluding carboxylic acids is 1. The van der Waals surface area contributed by atoms with Crippen LogP contribution in [0.2, 0.25) is 0 Å². The molecule has 0 bridgehead atoms. The van der Waals surface area contributed by atoms with Crippen molar-refractivity contribution in [3.63, 3.8) is 0 Å². The van der Waals surface area contributed by atoms with E-state index in [4.69, 9.17) is 11.6 Å². The molecule has 0 N–H and O–H groups in total. The summed E-state index contributed by atoms with van der Waals surface area (Å²) in [5.74, 6) is 0. The lowest BCUT2D eigenvalue weighted by Gasteiger charge is -1.81. The molecule has 40 valence electrons. The summed E-state index contributed by atoms with van der Waals surface area (Å²) in [6.45, 7) is 1.89. The first kappa shape index (κ1) is 6.70. The molecule has 0 amide bonds. The first-order valence-electron chi connectivity index (χ1n) is 2.11. The Morgan fingerprint density at radius 2 is 2.43 bits per heavy atom. The van der Waals surface area contributed by atoms with Crippen LogP contribution < -0.4 is 0 Å². The minimum atomic E-state index is 0.606. The van der Waals surface area contributed by atoms with Gasteiger partial charge in [-0.3, -0.25) is 4.79 Å². The van der Waals surface area contributed by atoms with Gasteiger partial charge in [-0.05, 0) is 12.5 Å². The molecule has 0 heterocycles. The smallest absolute Gasteiger partial charge is 0.143 e. The summed E-state index contributed by atoms with van der Waals surface area (Å²) in [5, 5.41) is 0.606. The molecule has 0 saturated heterocycles. The van der Waals surface area contributed by atoms with Crippen molar-refractivity contribution in [2.45, 2.75) is 13.3 Å². The van der Waals surface area contributed by atoms with E-state index in [0.29, 0.717) is 11.3 Å². The highest BCUT2D eigenvalue weighted by atomic mass is 35.5. The number of halogens is 1. The van der Waals surface area contributed by atoms with Crippen molar-refractivity contribution in [1.29, 1.82) is 0 Å². The Hall–Kier alpha value is -0.300. The quantitative estimate of drug-likeness (QED) is 0.399. The molecule has 0 saturated carbocycles. The Balaban J connectivity index is 3.49. The van der Waals surface area contributed by atoms with E-state index in [0.717, 1.165) is 6.42 Å². The molecule has 0 atom stereocenters. The zero-order valence-corrected chi connectivity index (χ0v) is 4.90. The molecule has 0 aliphatic rings. The molecule has 0 aliphatic heterocycles. The van der Waals surface area contributed by atoms with Crippen LogP contribution >= 0.6 is 11.6 Å². The van der Waals surface area contributed by atoms with Gasteiger partial charge in [-0.1, -0.05) is 18.5 Å². The van der Waals surface area contributed by atoms with Gasteiger partial charge >= 0.3 is 0 Å². The summed E-state index contributed by atoms with van der Waals surface area (Å²) >= 11 is 5.40. The number of hydrogen-bond donors (Lipinski definition) is 0. The molecule has 0 aromatic heterocycles. The molecule has 0 rings (SSSR count). The van der Waals surface area contributed by atoms with Crippen LogP contribution in [0.15, 0.2) is 11.1 Å². The average Bonchev–Trinajstić information content (AvgIpc) is 1.68. The summed E-state index contributed by atoms with van der Waals surface area (Å²) in [6, 6.07) is 0. The molecule has 0 aromatic rings. The van der Waals surface area contributed by atoms with Gasteiger partial charge in [0.25, 0.3) is 0 Å². The molecule has 0 radical (unpaired) electrons. The van der Waals surface area contributed by atoms with E-state index in [9.17, 15) is 4.79 Å². The molecule has 0 unspecified atom stereocenters. The van der Waals surface area contributed by atoms with Gasteiger partial charge in [0.2, 0.25) is 0 Å². The second-order valence-corrected chi connectivity index (χ2v) is 1.59. The van der Waals surface area contributed by atoms with Gasteiger partial charge in [-0.2, -0.15) is 0 Å². The van der Waals surface area contributed by atoms with Gasteiger partial charge in [0.05, 0.1) is 0 Å². The van der Waals surface area contributed by atoms with Gasteiger partial charge in [0.15, 0.2) is 0 Å². The van der Waals surface area contributed by atoms with E-state index in [-0.39, 0.29) is 0 Å². The van der Waals surface area contributed by atoms with Crippen molar-refractivity contribution < 1.29 is 4.79 Å². The van der Waals surface area contributed by atoms with Gasteiger partial charge in [0, 0.05) is 5.03 Å². The predicted octanol–water partition coefficient (Wildman–Crippen LogP) is 1.72. The van der Waals surface area contributed by atoms with Crippen LogP contribution in [0, 0.1) is 0 Å². The molecule has 2 heteroatoms. The van der Waals surface area contributed by atoms with E-state index in [2.05, 4.69) is 0 Å². The Morgan fingerprint density at radius 3 is 2.57 bits per heavy atom. The molecule has 0 spiro atoms. The third kappa shape index (κ3) is 3.53. The summed E-state index contributed by atoms with van der Waals surface area (Å²) < 4.78 is 0. The van der Waals surface area contributed by atoms with Crippen LogP contribution in [0.1, 0.15) is 13.3 Å². The van der Waals surface area contributed by atoms with Crippen molar-refractivity contribution in [2.24, 2.45) is 0 Å². The summed E-state index contributed by atoms with van der Waals surface area (Å²) in [4.78, 5) is 9.61. The summed E-state index contributed by atoms with van der Waals surface area (Å²) in [5.41, 5.74) is 0. The number of carbonyl (C=O) groups is 1. The minimum Gasteiger partial charge on any atom is -0.299 e. The highest BCUT2D eigenvalue weighted by Gasteiger charge is 1.80. The second kappa shape index (κ2) is 3.88. The Labute approximate surface area is 48.0 Å². The van der Waals surface area contributed by atoms with Crippen LogP contribution in [0.25, 0.3) is 0 Å². The molecular formula is C5H7ClO. The number of aldehydes is 1. The fourth-order valence-electron chi connectivity index (χ4n) is 0.192. The highest BCUT2D eigenvalue weighted by molar-refractivity contribution is 6.30. The van der Waals surface area contributed by atoms with Crippen molar-refractivity contribution in [3.05, 3.63) is 11.1 Å². The highest BCUT2D eigenvalue weighted by Crippen LogP contribution is 2.02. The first-order valence-corrected chi connectivity index (χ1v) is 2.49. The van der Waals surface area contributed by atoms with Crippen LogP contribution in [-0.2, 0) is 4.79 Å². The van der Waals surface area contributed by atoms with E-state index in [1.165, 1.54) is 6.08 Å². The maximum Gasteiger partial charge on any atom is 0.143 e. The molecule has 1 nitrogen and oxygen atoms in total.